The molecule has 0 aliphatic carbocycles. The minimum Gasteiger partial charge on any atom is -0.394 e. The number of nitrogens with one attached hydrogen (secondary N) is 1. The number of aldehydes is 1. The highest BCUT2D eigenvalue weighted by Gasteiger charge is 2.55. The maximum absolute atomic E-state index is 12.0. The normalized spacial score (nSPS) is 43.8. The third kappa shape index (κ3) is 8.97. The quantitative estimate of drug-likeness (QED) is 0.0752. The Bertz CT molecular complexity index is 996. The summed E-state index contributed by atoms with van der Waals surface area (Å²) in [6.07, 6.45) is -33.4. The van der Waals surface area contributed by atoms with E-state index in [9.17, 15) is 70.9 Å². The summed E-state index contributed by atoms with van der Waals surface area (Å²) in [7, 11) is 0. The number of carbonyl (C=O) groups is 2. The number of hydrogen-bond donors (Lipinski definition) is 13. The Balaban J connectivity index is 2.09. The molecule has 21 nitrogen and oxygen atoms in total. The molecular formula is C26H45NO20. The van der Waals surface area contributed by atoms with E-state index >= 15 is 0 Å². The number of ether oxygens (including phenoxy) is 6. The molecule has 274 valence electrons. The topological polar surface area (TPSA) is 344 Å². The maximum Gasteiger partial charge on any atom is 0.217 e. The predicted octanol–water partition coefficient (Wildman–Crippen LogP) is -8.73. The fourth-order valence-corrected chi connectivity index (χ4v) is 5.41. The summed E-state index contributed by atoms with van der Waals surface area (Å²) in [4.78, 5) is 23.2. The number of hydrogen-bond acceptors (Lipinski definition) is 20. The molecule has 13 N–H and O–H groups in total. The first-order valence-electron chi connectivity index (χ1n) is 14.7. The lowest BCUT2D eigenvalue weighted by molar-refractivity contribution is -0.393. The van der Waals surface area contributed by atoms with Gasteiger partial charge in [0.2, 0.25) is 5.91 Å². The lowest BCUT2D eigenvalue weighted by Gasteiger charge is -2.50. The highest BCUT2D eigenvalue weighted by molar-refractivity contribution is 5.73. The molecule has 0 spiro atoms. The van der Waals surface area contributed by atoms with Gasteiger partial charge in [-0.15, -0.1) is 0 Å². The second kappa shape index (κ2) is 17.4. The van der Waals surface area contributed by atoms with Gasteiger partial charge in [-0.1, -0.05) is 0 Å². The van der Waals surface area contributed by atoms with Crippen molar-refractivity contribution < 1.29 is 99.3 Å². The molecule has 3 saturated heterocycles. The second-order valence-corrected chi connectivity index (χ2v) is 11.5. The molecule has 0 radical (unpaired) electrons. The van der Waals surface area contributed by atoms with Gasteiger partial charge in [0.1, 0.15) is 91.5 Å². The first-order valence-corrected chi connectivity index (χ1v) is 14.7. The molecule has 3 aliphatic rings. The number of amides is 1. The van der Waals surface area contributed by atoms with Crippen molar-refractivity contribution in [1.82, 2.24) is 5.32 Å². The van der Waals surface area contributed by atoms with Gasteiger partial charge < -0.3 is 99.8 Å². The van der Waals surface area contributed by atoms with E-state index in [-0.39, 0.29) is 6.29 Å². The highest BCUT2D eigenvalue weighted by atomic mass is 16.8. The fourth-order valence-electron chi connectivity index (χ4n) is 5.41. The first kappa shape index (κ1) is 39.9. The third-order valence-electron chi connectivity index (χ3n) is 8.12. The molecule has 3 fully saturated rings. The van der Waals surface area contributed by atoms with Gasteiger partial charge >= 0.3 is 0 Å². The number of rotatable bonds is 14. The summed E-state index contributed by atoms with van der Waals surface area (Å²) in [5.41, 5.74) is 0. The minimum atomic E-state index is -2.22. The van der Waals surface area contributed by atoms with E-state index in [1.165, 1.54) is 6.92 Å². The van der Waals surface area contributed by atoms with E-state index in [0.29, 0.717) is 0 Å². The van der Waals surface area contributed by atoms with Crippen molar-refractivity contribution >= 4 is 12.2 Å². The predicted molar refractivity (Wildman–Crippen MR) is 145 cm³/mol. The van der Waals surface area contributed by atoms with Crippen LogP contribution in [-0.2, 0) is 38.0 Å². The van der Waals surface area contributed by atoms with Gasteiger partial charge in [-0.3, -0.25) is 4.79 Å². The zero-order valence-corrected chi connectivity index (χ0v) is 25.3. The molecule has 0 aromatic rings. The maximum atomic E-state index is 12.0. The third-order valence-corrected chi connectivity index (χ3v) is 8.12. The molecule has 3 aliphatic heterocycles. The van der Waals surface area contributed by atoms with Crippen LogP contribution >= 0.6 is 0 Å². The average molecular weight is 692 g/mol. The molecule has 3 rings (SSSR count). The van der Waals surface area contributed by atoms with E-state index < -0.39 is 142 Å². The van der Waals surface area contributed by atoms with Crippen molar-refractivity contribution in [2.45, 2.75) is 130 Å². The molecule has 0 saturated carbocycles. The van der Waals surface area contributed by atoms with Crippen molar-refractivity contribution in [2.75, 3.05) is 19.8 Å². The van der Waals surface area contributed by atoms with Gasteiger partial charge in [0.25, 0.3) is 0 Å². The van der Waals surface area contributed by atoms with Crippen molar-refractivity contribution in [3.8, 4) is 0 Å². The molecule has 19 atom stereocenters. The number of carbonyl (C=O) groups excluding carboxylic acids is 2. The van der Waals surface area contributed by atoms with E-state index in [2.05, 4.69) is 5.32 Å². The first-order chi connectivity index (χ1) is 22.1. The molecule has 19 unspecified atom stereocenters. The standard InChI is InChI=1S/C26H45NO20/c1-7-14(35)19(40)20(41)25(42-7)47-23-22(46-24-13(27-8(2)32)18(39)16(37)11(5-30)43-24)17(38)12(6-31)44-26(23)45-21(10(34)4-29)15(36)9(33)3-28/h3,7,9-26,29-31,33-41H,4-6H2,1-2H3,(H,27,32). The monoisotopic (exact) mass is 691 g/mol. The van der Waals surface area contributed by atoms with Crippen LogP contribution in [0.2, 0.25) is 0 Å². The summed E-state index contributed by atoms with van der Waals surface area (Å²) >= 11 is 0. The Hall–Kier alpha value is -1.58. The summed E-state index contributed by atoms with van der Waals surface area (Å²) in [5, 5.41) is 126. The lowest BCUT2D eigenvalue weighted by atomic mass is 9.95. The minimum absolute atomic E-state index is 0.104. The van der Waals surface area contributed by atoms with Gasteiger partial charge in [-0.25, -0.2) is 0 Å². The van der Waals surface area contributed by atoms with Gasteiger partial charge in [-0.05, 0) is 6.92 Å². The Morgan fingerprint density at radius 2 is 1.34 bits per heavy atom. The number of aliphatic hydroxyl groups excluding tert-OH is 12. The van der Waals surface area contributed by atoms with Crippen LogP contribution in [0.15, 0.2) is 0 Å². The van der Waals surface area contributed by atoms with Crippen LogP contribution in [0.1, 0.15) is 13.8 Å². The zero-order valence-electron chi connectivity index (χ0n) is 25.3. The van der Waals surface area contributed by atoms with Gasteiger partial charge in [-0.2, -0.15) is 0 Å². The summed E-state index contributed by atoms with van der Waals surface area (Å²) in [6, 6.07) is -1.57. The van der Waals surface area contributed by atoms with E-state index in [1.54, 1.807) is 0 Å². The Morgan fingerprint density at radius 1 is 0.766 bits per heavy atom. The van der Waals surface area contributed by atoms with Crippen LogP contribution in [0.4, 0.5) is 0 Å². The van der Waals surface area contributed by atoms with Crippen molar-refractivity contribution in [3.63, 3.8) is 0 Å². The van der Waals surface area contributed by atoms with Crippen molar-refractivity contribution in [1.29, 1.82) is 0 Å². The lowest BCUT2D eigenvalue weighted by Crippen LogP contribution is -2.69. The zero-order chi connectivity index (χ0) is 35.3. The van der Waals surface area contributed by atoms with Gasteiger partial charge in [0.05, 0.1) is 25.9 Å². The smallest absolute Gasteiger partial charge is 0.217 e. The average Bonchev–Trinajstić information content (AvgIpc) is 3.05. The van der Waals surface area contributed by atoms with Gasteiger partial charge in [0.15, 0.2) is 25.2 Å². The Morgan fingerprint density at radius 3 is 1.89 bits per heavy atom. The summed E-state index contributed by atoms with van der Waals surface area (Å²) in [6.45, 7) is -0.549. The van der Waals surface area contributed by atoms with Crippen molar-refractivity contribution in [3.05, 3.63) is 0 Å². The molecule has 0 aromatic heterocycles. The highest BCUT2D eigenvalue weighted by Crippen LogP contribution is 2.34. The Labute approximate surface area is 267 Å². The molecule has 3 heterocycles. The van der Waals surface area contributed by atoms with Crippen LogP contribution < -0.4 is 5.32 Å². The summed E-state index contributed by atoms with van der Waals surface area (Å²) < 4.78 is 34.1. The molecule has 1 amide bonds. The Kier molecular flexibility index (Phi) is 14.7. The summed E-state index contributed by atoms with van der Waals surface area (Å²) in [5.74, 6) is -0.737. The molecule has 21 heteroatoms. The van der Waals surface area contributed by atoms with Crippen LogP contribution in [-0.4, -0.2) is 210 Å². The molecule has 47 heavy (non-hydrogen) atoms. The van der Waals surface area contributed by atoms with Gasteiger partial charge in [0, 0.05) is 6.92 Å². The van der Waals surface area contributed by atoms with Crippen molar-refractivity contribution in [2.24, 2.45) is 0 Å². The number of aliphatic hydroxyl groups is 12. The molecule has 0 aromatic carbocycles. The van der Waals surface area contributed by atoms with Crippen LogP contribution in [0.5, 0.6) is 0 Å². The van der Waals surface area contributed by atoms with E-state index in [1.807, 2.05) is 0 Å². The molecule has 0 bridgehead atoms. The second-order valence-electron chi connectivity index (χ2n) is 11.5. The van der Waals surface area contributed by atoms with Crippen LogP contribution in [0.25, 0.3) is 0 Å². The largest absolute Gasteiger partial charge is 0.394 e. The van der Waals surface area contributed by atoms with Crippen LogP contribution in [0, 0.1) is 0 Å². The van der Waals surface area contributed by atoms with E-state index in [4.69, 9.17) is 28.4 Å². The molecular weight excluding hydrogens is 646 g/mol. The van der Waals surface area contributed by atoms with Crippen LogP contribution in [0.3, 0.4) is 0 Å². The SMILES string of the molecule is CC(=O)NC1C(OC2C(O)C(CO)OC(OC(C(O)CO)C(O)C(O)C=O)C2OC2OC(C)C(O)C(O)C2O)OC(CO)C(O)C1O. The van der Waals surface area contributed by atoms with E-state index in [0.717, 1.165) is 6.92 Å². The fraction of sp³-hybridized carbons (Fsp3) is 0.923.